The molecule has 1 aromatic carbocycles. The molecule has 2 rings (SSSR count). The maximum atomic E-state index is 13.2. The molecule has 2 nitrogen and oxygen atoms in total. The lowest BCUT2D eigenvalue weighted by Gasteiger charge is -2.36. The number of nitrogens with zero attached hydrogens (tertiary/aromatic N) is 1. The number of piperidine rings is 1. The summed E-state index contributed by atoms with van der Waals surface area (Å²) in [5.41, 5.74) is 6.85. The van der Waals surface area contributed by atoms with Crippen LogP contribution in [0.3, 0.4) is 0 Å². The number of rotatable bonds is 2. The van der Waals surface area contributed by atoms with E-state index >= 15 is 0 Å². The average Bonchev–Trinajstić information content (AvgIpc) is 2.21. The van der Waals surface area contributed by atoms with Crippen LogP contribution in [0.25, 0.3) is 0 Å². The van der Waals surface area contributed by atoms with Gasteiger partial charge in [0.1, 0.15) is 5.82 Å². The van der Waals surface area contributed by atoms with Crippen LogP contribution in [0.4, 0.5) is 4.39 Å². The average molecular weight is 257 g/mol. The van der Waals surface area contributed by atoms with Crippen molar-refractivity contribution in [3.63, 3.8) is 0 Å². The molecule has 1 aliphatic rings. The molecule has 1 heterocycles. The summed E-state index contributed by atoms with van der Waals surface area (Å²) in [7, 11) is 0. The Bertz CT molecular complexity index is 377. The fourth-order valence-electron chi connectivity index (χ4n) is 2.43. The summed E-state index contributed by atoms with van der Waals surface area (Å²) in [6.07, 6.45) is 2.01. The summed E-state index contributed by atoms with van der Waals surface area (Å²) in [5.74, 6) is -0.270. The zero-order valence-corrected chi connectivity index (χ0v) is 10.8. The molecule has 1 aromatic rings. The minimum absolute atomic E-state index is 0.270. The van der Waals surface area contributed by atoms with E-state index in [-0.39, 0.29) is 5.82 Å². The molecular formula is C13H18ClFN2. The van der Waals surface area contributed by atoms with Crippen LogP contribution in [0, 0.1) is 5.82 Å². The summed E-state index contributed by atoms with van der Waals surface area (Å²) < 4.78 is 13.2. The van der Waals surface area contributed by atoms with Crippen molar-refractivity contribution in [2.75, 3.05) is 6.54 Å². The zero-order valence-electron chi connectivity index (χ0n) is 10.00. The molecule has 1 saturated heterocycles. The summed E-state index contributed by atoms with van der Waals surface area (Å²) in [5, 5.41) is 0.460. The van der Waals surface area contributed by atoms with E-state index in [0.717, 1.165) is 31.5 Å². The van der Waals surface area contributed by atoms with Gasteiger partial charge in [-0.25, -0.2) is 4.39 Å². The number of hydrogen-bond acceptors (Lipinski definition) is 2. The van der Waals surface area contributed by atoms with Gasteiger partial charge < -0.3 is 5.73 Å². The smallest absolute Gasteiger partial charge is 0.125 e. The number of nitrogens with two attached hydrogens (primary N) is 1. The molecular weight excluding hydrogens is 239 g/mol. The van der Waals surface area contributed by atoms with Gasteiger partial charge in [0.15, 0.2) is 0 Å². The standard InChI is InChI=1S/C13H18ClFN2/c1-9-4-13(16)2-3-17(9)8-10-5-11(14)7-12(15)6-10/h5-7,9,13H,2-4,8,16H2,1H3. The van der Waals surface area contributed by atoms with E-state index in [1.54, 1.807) is 6.07 Å². The van der Waals surface area contributed by atoms with Crippen molar-refractivity contribution in [3.8, 4) is 0 Å². The Labute approximate surface area is 107 Å². The highest BCUT2D eigenvalue weighted by atomic mass is 35.5. The summed E-state index contributed by atoms with van der Waals surface area (Å²) in [6, 6.07) is 5.46. The molecule has 2 unspecified atom stereocenters. The molecule has 0 saturated carbocycles. The van der Waals surface area contributed by atoms with Crippen LogP contribution in [0.2, 0.25) is 5.02 Å². The van der Waals surface area contributed by atoms with Crippen LogP contribution in [0.15, 0.2) is 18.2 Å². The third-order valence-corrected chi connectivity index (χ3v) is 3.58. The number of likely N-dealkylation sites (tertiary alicyclic amines) is 1. The Morgan fingerprint density at radius 1 is 1.47 bits per heavy atom. The zero-order chi connectivity index (χ0) is 12.4. The van der Waals surface area contributed by atoms with Crippen molar-refractivity contribution < 1.29 is 4.39 Å². The highest BCUT2D eigenvalue weighted by Gasteiger charge is 2.23. The molecule has 0 aromatic heterocycles. The van der Waals surface area contributed by atoms with Gasteiger partial charge in [0, 0.05) is 30.2 Å². The van der Waals surface area contributed by atoms with E-state index in [1.165, 1.54) is 6.07 Å². The van der Waals surface area contributed by atoms with Gasteiger partial charge in [0.05, 0.1) is 0 Å². The Kier molecular flexibility index (Phi) is 4.02. The lowest BCUT2D eigenvalue weighted by Crippen LogP contribution is -2.44. The Morgan fingerprint density at radius 2 is 2.24 bits per heavy atom. The van der Waals surface area contributed by atoms with Crippen molar-refractivity contribution in [1.82, 2.24) is 4.90 Å². The molecule has 0 aliphatic carbocycles. The number of benzene rings is 1. The number of halogens is 2. The fourth-order valence-corrected chi connectivity index (χ4v) is 2.67. The Morgan fingerprint density at radius 3 is 2.88 bits per heavy atom. The molecule has 1 fully saturated rings. The highest BCUT2D eigenvalue weighted by molar-refractivity contribution is 6.30. The van der Waals surface area contributed by atoms with E-state index in [9.17, 15) is 4.39 Å². The first-order valence-electron chi connectivity index (χ1n) is 5.99. The Balaban J connectivity index is 2.05. The Hall–Kier alpha value is -0.640. The predicted molar refractivity (Wildman–Crippen MR) is 68.5 cm³/mol. The first-order valence-corrected chi connectivity index (χ1v) is 6.37. The molecule has 2 N–H and O–H groups in total. The molecule has 17 heavy (non-hydrogen) atoms. The molecule has 94 valence electrons. The van der Waals surface area contributed by atoms with Crippen molar-refractivity contribution in [3.05, 3.63) is 34.6 Å². The quantitative estimate of drug-likeness (QED) is 0.882. The van der Waals surface area contributed by atoms with Crippen LogP contribution in [0.1, 0.15) is 25.3 Å². The maximum absolute atomic E-state index is 13.2. The van der Waals surface area contributed by atoms with E-state index in [1.807, 2.05) is 6.07 Å². The molecule has 1 aliphatic heterocycles. The minimum Gasteiger partial charge on any atom is -0.328 e. The molecule has 0 spiro atoms. The van der Waals surface area contributed by atoms with E-state index in [2.05, 4.69) is 11.8 Å². The van der Waals surface area contributed by atoms with Crippen molar-refractivity contribution in [2.24, 2.45) is 5.73 Å². The number of hydrogen-bond donors (Lipinski definition) is 1. The van der Waals surface area contributed by atoms with Gasteiger partial charge >= 0.3 is 0 Å². The maximum Gasteiger partial charge on any atom is 0.125 e. The first-order chi connectivity index (χ1) is 8.04. The van der Waals surface area contributed by atoms with Gasteiger partial charge in [-0.2, -0.15) is 0 Å². The fraction of sp³-hybridized carbons (Fsp3) is 0.538. The lowest BCUT2D eigenvalue weighted by atomic mass is 9.98. The normalized spacial score (nSPS) is 26.1. The molecule has 0 radical (unpaired) electrons. The summed E-state index contributed by atoms with van der Waals surface area (Å²) >= 11 is 5.85. The van der Waals surface area contributed by atoms with Gasteiger partial charge in [-0.05, 0) is 43.5 Å². The third-order valence-electron chi connectivity index (χ3n) is 3.36. The van der Waals surface area contributed by atoms with Gasteiger partial charge in [-0.15, -0.1) is 0 Å². The third kappa shape index (κ3) is 3.41. The van der Waals surface area contributed by atoms with Gasteiger partial charge in [0.2, 0.25) is 0 Å². The lowest BCUT2D eigenvalue weighted by molar-refractivity contribution is 0.140. The van der Waals surface area contributed by atoms with Gasteiger partial charge in [-0.1, -0.05) is 11.6 Å². The van der Waals surface area contributed by atoms with Crippen LogP contribution in [-0.2, 0) is 6.54 Å². The van der Waals surface area contributed by atoms with Crippen LogP contribution in [-0.4, -0.2) is 23.5 Å². The first kappa shape index (κ1) is 12.8. The predicted octanol–water partition coefficient (Wildman–Crippen LogP) is 2.79. The monoisotopic (exact) mass is 256 g/mol. The molecule has 0 amide bonds. The second-order valence-corrected chi connectivity index (χ2v) is 5.32. The van der Waals surface area contributed by atoms with Gasteiger partial charge in [-0.3, -0.25) is 4.90 Å². The van der Waals surface area contributed by atoms with Crippen molar-refractivity contribution >= 4 is 11.6 Å². The molecule has 0 bridgehead atoms. The largest absolute Gasteiger partial charge is 0.328 e. The van der Waals surface area contributed by atoms with Crippen molar-refractivity contribution in [2.45, 2.75) is 38.4 Å². The van der Waals surface area contributed by atoms with Crippen LogP contribution < -0.4 is 5.73 Å². The highest BCUT2D eigenvalue weighted by Crippen LogP contribution is 2.21. The topological polar surface area (TPSA) is 29.3 Å². The van der Waals surface area contributed by atoms with Crippen LogP contribution >= 0.6 is 11.6 Å². The van der Waals surface area contributed by atoms with E-state index in [0.29, 0.717) is 17.1 Å². The second-order valence-electron chi connectivity index (χ2n) is 4.88. The summed E-state index contributed by atoms with van der Waals surface area (Å²) in [6.45, 7) is 3.88. The molecule has 2 atom stereocenters. The minimum atomic E-state index is -0.270. The van der Waals surface area contributed by atoms with Gasteiger partial charge in [0.25, 0.3) is 0 Å². The summed E-state index contributed by atoms with van der Waals surface area (Å²) in [4.78, 5) is 2.33. The van der Waals surface area contributed by atoms with E-state index in [4.69, 9.17) is 17.3 Å². The SMILES string of the molecule is CC1CC(N)CCN1Cc1cc(F)cc(Cl)c1. The second kappa shape index (κ2) is 5.34. The van der Waals surface area contributed by atoms with Crippen LogP contribution in [0.5, 0.6) is 0 Å². The molecule has 4 heteroatoms. The van der Waals surface area contributed by atoms with Crippen molar-refractivity contribution in [1.29, 1.82) is 0 Å². The van der Waals surface area contributed by atoms with E-state index < -0.39 is 0 Å².